The monoisotopic (exact) mass is 357 g/mol. The average molecular weight is 357 g/mol. The van der Waals surface area contributed by atoms with Gasteiger partial charge in [-0.15, -0.1) is 0 Å². The van der Waals surface area contributed by atoms with E-state index in [1.165, 1.54) is 18.3 Å². The fourth-order valence-electron chi connectivity index (χ4n) is 2.18. The minimum Gasteiger partial charge on any atom is -0.493 e. The lowest BCUT2D eigenvalue weighted by atomic mass is 10.1. The summed E-state index contributed by atoms with van der Waals surface area (Å²) in [6.45, 7) is 2.41. The van der Waals surface area contributed by atoms with Crippen LogP contribution in [0.1, 0.15) is 18.1 Å². The standard InChI is InChI=1S/C18H19N3O5/c1-3-26-16-9-6-14(10-17(16)25-2)12-19-20-18(22)11-13-4-7-15(8-5-13)21(23)24/h4-10,12H,3,11H2,1-2H3,(H,20,22). The molecule has 0 bridgehead atoms. The van der Waals surface area contributed by atoms with E-state index in [9.17, 15) is 14.9 Å². The molecular weight excluding hydrogens is 338 g/mol. The number of hydrazone groups is 1. The summed E-state index contributed by atoms with van der Waals surface area (Å²) in [6.07, 6.45) is 1.56. The third kappa shape index (κ3) is 5.30. The van der Waals surface area contributed by atoms with Crippen LogP contribution in [0.3, 0.4) is 0 Å². The highest BCUT2D eigenvalue weighted by molar-refractivity contribution is 5.84. The van der Waals surface area contributed by atoms with Crippen LogP contribution in [0.25, 0.3) is 0 Å². The SMILES string of the molecule is CCOc1ccc(C=NNC(=O)Cc2ccc([N+](=O)[O-])cc2)cc1OC. The third-order valence-electron chi connectivity index (χ3n) is 3.40. The van der Waals surface area contributed by atoms with Gasteiger partial charge >= 0.3 is 0 Å². The van der Waals surface area contributed by atoms with E-state index < -0.39 is 4.92 Å². The van der Waals surface area contributed by atoms with Crippen LogP contribution in [0.15, 0.2) is 47.6 Å². The van der Waals surface area contributed by atoms with E-state index in [-0.39, 0.29) is 18.0 Å². The zero-order valence-electron chi connectivity index (χ0n) is 14.5. The van der Waals surface area contributed by atoms with Crippen LogP contribution in [0.4, 0.5) is 5.69 Å². The second-order valence-electron chi connectivity index (χ2n) is 5.24. The molecule has 0 heterocycles. The number of ether oxygens (including phenoxy) is 2. The fraction of sp³-hybridized carbons (Fsp3) is 0.222. The highest BCUT2D eigenvalue weighted by Gasteiger charge is 2.07. The van der Waals surface area contributed by atoms with Crippen molar-refractivity contribution >= 4 is 17.8 Å². The second-order valence-corrected chi connectivity index (χ2v) is 5.24. The van der Waals surface area contributed by atoms with Gasteiger partial charge in [0.05, 0.1) is 31.3 Å². The molecule has 0 aromatic heterocycles. The summed E-state index contributed by atoms with van der Waals surface area (Å²) in [5.74, 6) is 0.885. The Hall–Kier alpha value is -3.42. The molecule has 0 spiro atoms. The Kier molecular flexibility index (Phi) is 6.67. The predicted octanol–water partition coefficient (Wildman–Crippen LogP) is 2.69. The lowest BCUT2D eigenvalue weighted by Gasteiger charge is -2.09. The molecule has 26 heavy (non-hydrogen) atoms. The number of nitro benzene ring substituents is 1. The van der Waals surface area contributed by atoms with Crippen molar-refractivity contribution in [3.8, 4) is 11.5 Å². The number of carbonyl (C=O) groups is 1. The van der Waals surface area contributed by atoms with Crippen molar-refractivity contribution in [2.45, 2.75) is 13.3 Å². The molecule has 0 saturated carbocycles. The van der Waals surface area contributed by atoms with Crippen LogP contribution in [0.5, 0.6) is 11.5 Å². The van der Waals surface area contributed by atoms with Gasteiger partial charge in [-0.05, 0) is 36.2 Å². The number of nitro groups is 1. The topological polar surface area (TPSA) is 103 Å². The molecule has 8 heteroatoms. The number of methoxy groups -OCH3 is 1. The predicted molar refractivity (Wildman–Crippen MR) is 96.7 cm³/mol. The van der Waals surface area contributed by atoms with Crippen molar-refractivity contribution < 1.29 is 19.2 Å². The van der Waals surface area contributed by atoms with Crippen LogP contribution in [-0.2, 0) is 11.2 Å². The number of nitrogens with zero attached hydrogens (tertiary/aromatic N) is 2. The van der Waals surface area contributed by atoms with E-state index >= 15 is 0 Å². The molecule has 0 saturated heterocycles. The Bertz CT molecular complexity index is 803. The molecule has 1 amide bonds. The second kappa shape index (κ2) is 9.16. The summed E-state index contributed by atoms with van der Waals surface area (Å²) < 4.78 is 10.7. The van der Waals surface area contributed by atoms with Crippen molar-refractivity contribution in [1.82, 2.24) is 5.43 Å². The highest BCUT2D eigenvalue weighted by Crippen LogP contribution is 2.27. The molecule has 0 atom stereocenters. The molecule has 2 rings (SSSR count). The summed E-state index contributed by atoms with van der Waals surface area (Å²) in [4.78, 5) is 22.0. The number of amides is 1. The summed E-state index contributed by atoms with van der Waals surface area (Å²) in [7, 11) is 1.55. The van der Waals surface area contributed by atoms with Gasteiger partial charge in [0, 0.05) is 12.1 Å². The van der Waals surface area contributed by atoms with Crippen LogP contribution in [0, 0.1) is 10.1 Å². The first-order valence-electron chi connectivity index (χ1n) is 7.89. The summed E-state index contributed by atoms with van der Waals surface area (Å²) in [6, 6.07) is 11.1. The number of rotatable bonds is 8. The van der Waals surface area contributed by atoms with Crippen molar-refractivity contribution in [3.63, 3.8) is 0 Å². The van der Waals surface area contributed by atoms with Crippen LogP contribution >= 0.6 is 0 Å². The molecule has 0 aliphatic rings. The number of nitrogens with one attached hydrogen (secondary N) is 1. The molecule has 0 fully saturated rings. The Morgan fingerprint density at radius 2 is 1.96 bits per heavy atom. The number of hydrogen-bond donors (Lipinski definition) is 1. The Morgan fingerprint density at radius 3 is 2.58 bits per heavy atom. The maximum Gasteiger partial charge on any atom is 0.269 e. The molecule has 0 unspecified atom stereocenters. The first-order chi connectivity index (χ1) is 12.5. The fourth-order valence-corrected chi connectivity index (χ4v) is 2.18. The molecule has 2 aromatic rings. The summed E-state index contributed by atoms with van der Waals surface area (Å²) in [5, 5.41) is 14.5. The van der Waals surface area contributed by atoms with E-state index in [0.29, 0.717) is 23.7 Å². The molecule has 8 nitrogen and oxygen atoms in total. The van der Waals surface area contributed by atoms with Gasteiger partial charge < -0.3 is 9.47 Å². The lowest BCUT2D eigenvalue weighted by Crippen LogP contribution is -2.19. The largest absolute Gasteiger partial charge is 0.493 e. The van der Waals surface area contributed by atoms with E-state index in [4.69, 9.17) is 9.47 Å². The molecule has 136 valence electrons. The summed E-state index contributed by atoms with van der Waals surface area (Å²) in [5.41, 5.74) is 3.80. The Balaban J connectivity index is 1.93. The van der Waals surface area contributed by atoms with Gasteiger partial charge in [-0.2, -0.15) is 5.10 Å². The van der Waals surface area contributed by atoms with Crippen LogP contribution in [-0.4, -0.2) is 30.8 Å². The van der Waals surface area contributed by atoms with E-state index in [0.717, 1.165) is 5.56 Å². The Morgan fingerprint density at radius 1 is 1.23 bits per heavy atom. The smallest absolute Gasteiger partial charge is 0.269 e. The minimum absolute atomic E-state index is 0.0170. The third-order valence-corrected chi connectivity index (χ3v) is 3.40. The van der Waals surface area contributed by atoms with Crippen molar-refractivity contribution in [2.75, 3.05) is 13.7 Å². The minimum atomic E-state index is -0.487. The van der Waals surface area contributed by atoms with Gasteiger partial charge in [0.2, 0.25) is 5.91 Å². The molecule has 0 aliphatic carbocycles. The van der Waals surface area contributed by atoms with Crippen molar-refractivity contribution in [1.29, 1.82) is 0 Å². The summed E-state index contributed by atoms with van der Waals surface area (Å²) >= 11 is 0. The van der Waals surface area contributed by atoms with Crippen LogP contribution in [0.2, 0.25) is 0 Å². The van der Waals surface area contributed by atoms with Crippen LogP contribution < -0.4 is 14.9 Å². The lowest BCUT2D eigenvalue weighted by molar-refractivity contribution is -0.384. The van der Waals surface area contributed by atoms with Gasteiger partial charge in [0.1, 0.15) is 0 Å². The molecular formula is C18H19N3O5. The van der Waals surface area contributed by atoms with Gasteiger partial charge in [0.25, 0.3) is 5.69 Å². The first-order valence-corrected chi connectivity index (χ1v) is 7.89. The van der Waals surface area contributed by atoms with Gasteiger partial charge in [-0.3, -0.25) is 14.9 Å². The average Bonchev–Trinajstić information content (AvgIpc) is 2.63. The molecule has 1 N–H and O–H groups in total. The van der Waals surface area contributed by atoms with Gasteiger partial charge in [-0.25, -0.2) is 5.43 Å². The zero-order chi connectivity index (χ0) is 18.9. The van der Waals surface area contributed by atoms with E-state index in [1.54, 1.807) is 37.4 Å². The molecule has 0 aliphatic heterocycles. The number of non-ortho nitro benzene ring substituents is 1. The highest BCUT2D eigenvalue weighted by atomic mass is 16.6. The van der Waals surface area contributed by atoms with Crippen molar-refractivity contribution in [3.05, 3.63) is 63.7 Å². The zero-order valence-corrected chi connectivity index (χ0v) is 14.5. The molecule has 0 radical (unpaired) electrons. The van der Waals surface area contributed by atoms with E-state index in [1.807, 2.05) is 6.92 Å². The Labute approximate surface area is 150 Å². The molecule has 2 aromatic carbocycles. The number of benzene rings is 2. The number of hydrogen-bond acceptors (Lipinski definition) is 6. The normalized spacial score (nSPS) is 10.5. The van der Waals surface area contributed by atoms with E-state index in [2.05, 4.69) is 10.5 Å². The maximum absolute atomic E-state index is 11.9. The quantitative estimate of drug-likeness (QED) is 0.444. The van der Waals surface area contributed by atoms with Crippen molar-refractivity contribution in [2.24, 2.45) is 5.10 Å². The van der Waals surface area contributed by atoms with Gasteiger partial charge in [0.15, 0.2) is 11.5 Å². The maximum atomic E-state index is 11.9. The first kappa shape index (κ1) is 18.9. The number of carbonyl (C=O) groups excluding carboxylic acids is 1. The van der Waals surface area contributed by atoms with Gasteiger partial charge in [-0.1, -0.05) is 12.1 Å².